The summed E-state index contributed by atoms with van der Waals surface area (Å²) in [5.74, 6) is -1.22. The van der Waals surface area contributed by atoms with Gasteiger partial charge < -0.3 is 5.11 Å². The zero-order valence-electron chi connectivity index (χ0n) is 18.2. The Hall–Kier alpha value is -1.05. The third-order valence-electron chi connectivity index (χ3n) is 5.06. The van der Waals surface area contributed by atoms with E-state index >= 15 is 0 Å². The number of nitrogens with zero attached hydrogens (tertiary/aromatic N) is 1. The Morgan fingerprint density at radius 2 is 1.07 bits per heavy atom. The summed E-state index contributed by atoms with van der Waals surface area (Å²) in [6.45, 7) is 3.73. The molecule has 0 bridgehead atoms. The van der Waals surface area contributed by atoms with Crippen LogP contribution in [0.15, 0.2) is 17.1 Å². The summed E-state index contributed by atoms with van der Waals surface area (Å²) >= 11 is 0. The highest BCUT2D eigenvalue weighted by Gasteiger charge is 2.45. The van der Waals surface area contributed by atoms with Crippen molar-refractivity contribution >= 4 is 15.9 Å². The van der Waals surface area contributed by atoms with Crippen molar-refractivity contribution in [2.24, 2.45) is 4.40 Å². The minimum Gasteiger partial charge on any atom is -0.861 e. The maximum atomic E-state index is 12.1. The van der Waals surface area contributed by atoms with Gasteiger partial charge in [-0.05, 0) is 31.6 Å². The second-order valence-corrected chi connectivity index (χ2v) is 9.49. The van der Waals surface area contributed by atoms with E-state index in [-0.39, 0.29) is 6.42 Å². The monoisotopic (exact) mass is 454 g/mol. The summed E-state index contributed by atoms with van der Waals surface area (Å²) in [5.41, 5.74) is -5.51. The van der Waals surface area contributed by atoms with E-state index in [1.54, 1.807) is 0 Å². The van der Waals surface area contributed by atoms with Crippen LogP contribution in [0.5, 0.6) is 0 Å². The van der Waals surface area contributed by atoms with Gasteiger partial charge in [-0.1, -0.05) is 96.0 Å². The SMILES string of the molecule is C=CCCCCCCCCCCCCCCCCCC/C([O-])=N/S(=O)(=O)C(F)(F)F. The van der Waals surface area contributed by atoms with Crippen LogP contribution in [0.2, 0.25) is 0 Å². The van der Waals surface area contributed by atoms with E-state index in [2.05, 4.69) is 11.0 Å². The van der Waals surface area contributed by atoms with E-state index in [1.807, 2.05) is 6.08 Å². The molecule has 0 aromatic heterocycles. The molecule has 0 heterocycles. The van der Waals surface area contributed by atoms with Gasteiger partial charge in [0, 0.05) is 0 Å². The van der Waals surface area contributed by atoms with Crippen LogP contribution in [0, 0.1) is 0 Å². The molecule has 0 amide bonds. The van der Waals surface area contributed by atoms with Crippen LogP contribution >= 0.6 is 0 Å². The summed E-state index contributed by atoms with van der Waals surface area (Å²) in [4.78, 5) is 0. The minimum atomic E-state index is -5.70. The third kappa shape index (κ3) is 16.7. The lowest BCUT2D eigenvalue weighted by atomic mass is 10.0. The van der Waals surface area contributed by atoms with Gasteiger partial charge in [0.25, 0.3) is 0 Å². The fraction of sp³-hybridized carbons (Fsp3) is 0.864. The van der Waals surface area contributed by atoms with E-state index in [0.29, 0.717) is 12.8 Å². The predicted molar refractivity (Wildman–Crippen MR) is 116 cm³/mol. The third-order valence-corrected chi connectivity index (χ3v) is 6.09. The molecule has 0 fully saturated rings. The van der Waals surface area contributed by atoms with Crippen molar-refractivity contribution in [2.45, 2.75) is 121 Å². The van der Waals surface area contributed by atoms with Crippen molar-refractivity contribution in [1.82, 2.24) is 0 Å². The van der Waals surface area contributed by atoms with Crippen LogP contribution in [0.4, 0.5) is 13.2 Å². The molecule has 0 aromatic carbocycles. The van der Waals surface area contributed by atoms with Gasteiger partial charge in [-0.15, -0.1) is 6.58 Å². The van der Waals surface area contributed by atoms with Gasteiger partial charge in [0.05, 0.1) is 0 Å². The standard InChI is InChI=1S/C22H40F3NO3S/c1-2-3-4-5-6-7-8-9-10-11-12-13-14-15-16-17-18-19-20-21(27)26-30(28,29)22(23,24)25/h2H,1,3-20H2,(H,26,27)/p-1. The Balaban J connectivity index is 3.40. The van der Waals surface area contributed by atoms with Crippen LogP contribution in [0.25, 0.3) is 0 Å². The lowest BCUT2D eigenvalue weighted by molar-refractivity contribution is -0.218. The molecule has 0 aliphatic heterocycles. The highest BCUT2D eigenvalue weighted by Crippen LogP contribution is 2.24. The second kappa shape index (κ2) is 17.6. The quantitative estimate of drug-likeness (QED) is 0.0879. The molecule has 0 atom stereocenters. The Kier molecular flexibility index (Phi) is 17.0. The van der Waals surface area contributed by atoms with E-state index < -0.39 is 21.4 Å². The van der Waals surface area contributed by atoms with Gasteiger partial charge in [-0.3, -0.25) is 0 Å². The van der Waals surface area contributed by atoms with Gasteiger partial charge >= 0.3 is 15.5 Å². The molecule has 0 spiro atoms. The summed E-state index contributed by atoms with van der Waals surface area (Å²) in [6.07, 6.45) is 21.2. The Morgan fingerprint density at radius 3 is 1.40 bits per heavy atom. The van der Waals surface area contributed by atoms with Crippen LogP contribution in [-0.4, -0.2) is 19.8 Å². The molecular weight excluding hydrogens is 415 g/mol. The van der Waals surface area contributed by atoms with Crippen molar-refractivity contribution in [3.8, 4) is 0 Å². The fourth-order valence-electron chi connectivity index (χ4n) is 3.27. The lowest BCUT2D eigenvalue weighted by Gasteiger charge is -2.11. The number of rotatable bonds is 20. The van der Waals surface area contributed by atoms with Gasteiger partial charge in [0.1, 0.15) is 0 Å². The summed E-state index contributed by atoms with van der Waals surface area (Å²) in [7, 11) is -5.70. The average Bonchev–Trinajstić information content (AvgIpc) is 2.65. The Labute approximate surface area is 181 Å². The molecule has 0 unspecified atom stereocenters. The first-order chi connectivity index (χ1) is 14.2. The van der Waals surface area contributed by atoms with Crippen LogP contribution in [0.1, 0.15) is 116 Å². The van der Waals surface area contributed by atoms with Crippen molar-refractivity contribution in [3.63, 3.8) is 0 Å². The number of sulfonamides is 1. The van der Waals surface area contributed by atoms with E-state index in [9.17, 15) is 26.7 Å². The van der Waals surface area contributed by atoms with Crippen molar-refractivity contribution < 1.29 is 26.7 Å². The number of hydrogen-bond acceptors (Lipinski definition) is 3. The molecule has 0 aromatic rings. The Morgan fingerprint density at radius 1 is 0.733 bits per heavy atom. The van der Waals surface area contributed by atoms with E-state index in [1.165, 1.54) is 70.6 Å². The van der Waals surface area contributed by atoms with Gasteiger partial charge in [-0.2, -0.15) is 26.0 Å². The molecule has 8 heteroatoms. The molecule has 0 aliphatic carbocycles. The minimum absolute atomic E-state index is 0.260. The first-order valence-electron chi connectivity index (χ1n) is 11.4. The first-order valence-corrected chi connectivity index (χ1v) is 12.8. The summed E-state index contributed by atoms with van der Waals surface area (Å²) < 4.78 is 60.1. The van der Waals surface area contributed by atoms with Crippen molar-refractivity contribution in [1.29, 1.82) is 0 Å². The number of unbranched alkanes of at least 4 members (excludes halogenated alkanes) is 16. The molecule has 0 rings (SSSR count). The maximum Gasteiger partial charge on any atom is 0.518 e. The molecule has 30 heavy (non-hydrogen) atoms. The van der Waals surface area contributed by atoms with Gasteiger partial charge in [0.2, 0.25) is 0 Å². The fourth-order valence-corrected chi connectivity index (χ4v) is 3.73. The highest BCUT2D eigenvalue weighted by atomic mass is 32.2. The second-order valence-electron chi connectivity index (χ2n) is 7.89. The Bertz CT molecular complexity index is 560. The van der Waals surface area contributed by atoms with E-state index in [0.717, 1.165) is 25.7 Å². The number of alkyl halides is 3. The molecule has 4 nitrogen and oxygen atoms in total. The van der Waals surface area contributed by atoms with Crippen molar-refractivity contribution in [3.05, 3.63) is 12.7 Å². The van der Waals surface area contributed by atoms with Gasteiger partial charge in [0.15, 0.2) is 0 Å². The van der Waals surface area contributed by atoms with E-state index in [4.69, 9.17) is 0 Å². The maximum absolute atomic E-state index is 12.1. The lowest BCUT2D eigenvalue weighted by Crippen LogP contribution is -2.26. The first kappa shape index (κ1) is 28.9. The largest absolute Gasteiger partial charge is 0.861 e. The van der Waals surface area contributed by atoms with Crippen LogP contribution in [-0.2, 0) is 10.0 Å². The predicted octanol–water partition coefficient (Wildman–Crippen LogP) is 6.80. The average molecular weight is 455 g/mol. The molecule has 0 saturated heterocycles. The van der Waals surface area contributed by atoms with Crippen molar-refractivity contribution in [2.75, 3.05) is 0 Å². The normalized spacial score (nSPS) is 13.0. The van der Waals surface area contributed by atoms with Crippen LogP contribution < -0.4 is 5.11 Å². The number of halogens is 3. The molecular formula is C22H39F3NO3S-. The zero-order valence-corrected chi connectivity index (χ0v) is 19.0. The molecule has 0 radical (unpaired) electrons. The summed E-state index contributed by atoms with van der Waals surface area (Å²) in [5, 5.41) is 11.2. The topological polar surface area (TPSA) is 69.6 Å². The molecule has 178 valence electrons. The zero-order chi connectivity index (χ0) is 22.7. The highest BCUT2D eigenvalue weighted by molar-refractivity contribution is 7.91. The summed E-state index contributed by atoms with van der Waals surface area (Å²) in [6, 6.07) is 0. The molecule has 0 N–H and O–H groups in total. The smallest absolute Gasteiger partial charge is 0.518 e. The molecule has 0 aliphatic rings. The van der Waals surface area contributed by atoms with Gasteiger partial charge in [-0.25, -0.2) is 0 Å². The van der Waals surface area contributed by atoms with Crippen LogP contribution in [0.3, 0.4) is 0 Å². The number of allylic oxidation sites excluding steroid dienone is 1. The molecule has 0 saturated carbocycles. The number of hydrogen-bond donors (Lipinski definition) is 0.